The maximum absolute atomic E-state index is 9.47. The number of hydrogen-bond donors (Lipinski definition) is 1. The Morgan fingerprint density at radius 3 is 2.89 bits per heavy atom. The Bertz CT molecular complexity index is 465. The summed E-state index contributed by atoms with van der Waals surface area (Å²) in [6, 6.07) is 1.96. The fraction of sp³-hybridized carbons (Fsp3) is 0.667. The molecule has 2 saturated carbocycles. The first kappa shape index (κ1) is 13.4. The van der Waals surface area contributed by atoms with Gasteiger partial charge in [0.25, 0.3) is 0 Å². The average Bonchev–Trinajstić information content (AvgIpc) is 3.00. The van der Waals surface area contributed by atoms with Gasteiger partial charge in [0.15, 0.2) is 0 Å². The monoisotopic (exact) mass is 324 g/mol. The van der Waals surface area contributed by atoms with Crippen LogP contribution in [0.2, 0.25) is 0 Å². The van der Waals surface area contributed by atoms with Gasteiger partial charge in [0.05, 0.1) is 6.61 Å². The van der Waals surface area contributed by atoms with Gasteiger partial charge >= 0.3 is 0 Å². The minimum atomic E-state index is 0.0445. The zero-order valence-corrected chi connectivity index (χ0v) is 12.9. The van der Waals surface area contributed by atoms with Gasteiger partial charge in [-0.3, -0.25) is 0 Å². The fourth-order valence-electron chi connectivity index (χ4n) is 3.97. The topological polar surface area (TPSA) is 36.4 Å². The van der Waals surface area contributed by atoms with Crippen molar-refractivity contribution in [3.63, 3.8) is 0 Å². The molecule has 0 aromatic carbocycles. The van der Waals surface area contributed by atoms with Crippen LogP contribution in [0.1, 0.15) is 31.2 Å². The minimum absolute atomic E-state index is 0.0445. The molecule has 3 rings (SSSR count). The zero-order chi connectivity index (χ0) is 13.4. The summed E-state index contributed by atoms with van der Waals surface area (Å²) in [5.74, 6) is 3.66. The Morgan fingerprint density at radius 1 is 1.42 bits per heavy atom. The van der Waals surface area contributed by atoms with E-state index < -0.39 is 0 Å². The van der Waals surface area contributed by atoms with E-state index in [1.54, 1.807) is 0 Å². The number of halogens is 1. The van der Waals surface area contributed by atoms with E-state index in [1.165, 1.54) is 25.7 Å². The highest BCUT2D eigenvalue weighted by Gasteiger charge is 2.39. The molecule has 0 aliphatic heterocycles. The molecule has 3 unspecified atom stereocenters. The van der Waals surface area contributed by atoms with Gasteiger partial charge in [-0.25, -0.2) is 4.98 Å². The Labute approximate surface area is 123 Å². The van der Waals surface area contributed by atoms with Crippen molar-refractivity contribution in [2.24, 2.45) is 17.8 Å². The van der Waals surface area contributed by atoms with Crippen LogP contribution in [0.25, 0.3) is 0 Å². The molecular weight excluding hydrogens is 304 g/mol. The summed E-state index contributed by atoms with van der Waals surface area (Å²) in [6.45, 7) is 1.12. The van der Waals surface area contributed by atoms with Gasteiger partial charge < -0.3 is 10.0 Å². The highest BCUT2D eigenvalue weighted by Crippen LogP contribution is 2.48. The van der Waals surface area contributed by atoms with Gasteiger partial charge in [-0.1, -0.05) is 6.42 Å². The largest absolute Gasteiger partial charge is 0.392 e. The smallest absolute Gasteiger partial charge is 0.133 e. The summed E-state index contributed by atoms with van der Waals surface area (Å²) < 4.78 is 0.925. The van der Waals surface area contributed by atoms with E-state index in [-0.39, 0.29) is 6.61 Å². The van der Waals surface area contributed by atoms with E-state index in [2.05, 4.69) is 32.9 Å². The molecule has 4 heteroatoms. The van der Waals surface area contributed by atoms with E-state index in [0.717, 1.165) is 40.2 Å². The van der Waals surface area contributed by atoms with Crippen molar-refractivity contribution in [1.82, 2.24) is 4.98 Å². The number of aromatic nitrogens is 1. The van der Waals surface area contributed by atoms with Crippen LogP contribution in [-0.4, -0.2) is 23.7 Å². The number of nitrogens with zero attached hydrogens (tertiary/aromatic N) is 2. The predicted octanol–water partition coefficient (Wildman–Crippen LogP) is 3.21. The van der Waals surface area contributed by atoms with Crippen LogP contribution in [0.15, 0.2) is 16.7 Å². The number of aliphatic hydroxyl groups excluding tert-OH is 1. The third-order valence-electron chi connectivity index (χ3n) is 4.83. The van der Waals surface area contributed by atoms with Crippen LogP contribution in [0.4, 0.5) is 5.82 Å². The summed E-state index contributed by atoms with van der Waals surface area (Å²) in [4.78, 5) is 6.70. The molecule has 2 aliphatic rings. The van der Waals surface area contributed by atoms with E-state index in [9.17, 15) is 5.11 Å². The quantitative estimate of drug-likeness (QED) is 0.923. The maximum Gasteiger partial charge on any atom is 0.133 e. The second kappa shape index (κ2) is 5.41. The molecule has 0 spiro atoms. The number of fused-ring (bicyclic) bond motifs is 2. The van der Waals surface area contributed by atoms with E-state index >= 15 is 0 Å². The van der Waals surface area contributed by atoms with E-state index in [1.807, 2.05) is 12.3 Å². The first-order chi connectivity index (χ1) is 9.17. The number of pyridine rings is 1. The number of hydrogen-bond acceptors (Lipinski definition) is 3. The normalized spacial score (nSPS) is 28.9. The Balaban J connectivity index is 1.71. The lowest BCUT2D eigenvalue weighted by Gasteiger charge is -2.28. The summed E-state index contributed by atoms with van der Waals surface area (Å²) >= 11 is 3.41. The van der Waals surface area contributed by atoms with Crippen molar-refractivity contribution in [2.75, 3.05) is 18.5 Å². The van der Waals surface area contributed by atoms with Crippen molar-refractivity contribution in [2.45, 2.75) is 32.3 Å². The first-order valence-electron chi connectivity index (χ1n) is 7.13. The van der Waals surface area contributed by atoms with Crippen LogP contribution in [-0.2, 0) is 6.61 Å². The highest BCUT2D eigenvalue weighted by molar-refractivity contribution is 9.10. The minimum Gasteiger partial charge on any atom is -0.392 e. The van der Waals surface area contributed by atoms with E-state index in [0.29, 0.717) is 0 Å². The van der Waals surface area contributed by atoms with E-state index in [4.69, 9.17) is 0 Å². The maximum atomic E-state index is 9.47. The number of rotatable bonds is 4. The lowest BCUT2D eigenvalue weighted by molar-refractivity contribution is 0.281. The zero-order valence-electron chi connectivity index (χ0n) is 11.3. The summed E-state index contributed by atoms with van der Waals surface area (Å²) in [7, 11) is 2.10. The van der Waals surface area contributed by atoms with Crippen LogP contribution in [0.5, 0.6) is 0 Å². The van der Waals surface area contributed by atoms with Gasteiger partial charge in [-0.05, 0) is 59.0 Å². The third-order valence-corrected chi connectivity index (χ3v) is 5.27. The average molecular weight is 325 g/mol. The molecule has 2 aliphatic carbocycles. The molecule has 104 valence electrons. The summed E-state index contributed by atoms with van der Waals surface area (Å²) in [5.41, 5.74) is 0.903. The molecule has 1 aromatic heterocycles. The van der Waals surface area contributed by atoms with Crippen LogP contribution in [0, 0.1) is 17.8 Å². The lowest BCUT2D eigenvalue weighted by Crippen LogP contribution is -2.30. The molecule has 1 heterocycles. The highest BCUT2D eigenvalue weighted by atomic mass is 79.9. The molecule has 2 fully saturated rings. The Morgan fingerprint density at radius 2 is 2.26 bits per heavy atom. The predicted molar refractivity (Wildman–Crippen MR) is 80.1 cm³/mol. The molecule has 3 nitrogen and oxygen atoms in total. The second-order valence-electron chi connectivity index (χ2n) is 6.11. The third kappa shape index (κ3) is 2.65. The Hall–Kier alpha value is -0.610. The van der Waals surface area contributed by atoms with Crippen molar-refractivity contribution in [3.05, 3.63) is 22.3 Å². The van der Waals surface area contributed by atoms with Gasteiger partial charge in [0, 0.05) is 29.8 Å². The first-order valence-corrected chi connectivity index (χ1v) is 7.93. The van der Waals surface area contributed by atoms with Crippen molar-refractivity contribution >= 4 is 21.7 Å². The molecule has 2 bridgehead atoms. The van der Waals surface area contributed by atoms with Crippen molar-refractivity contribution in [1.29, 1.82) is 0 Å². The van der Waals surface area contributed by atoms with Crippen LogP contribution in [0.3, 0.4) is 0 Å². The summed E-state index contributed by atoms with van der Waals surface area (Å²) in [5, 5.41) is 9.47. The van der Waals surface area contributed by atoms with Gasteiger partial charge in [0.1, 0.15) is 5.82 Å². The Kier molecular flexibility index (Phi) is 3.81. The molecular formula is C15H21BrN2O. The van der Waals surface area contributed by atoms with Crippen LogP contribution < -0.4 is 4.90 Å². The molecule has 0 saturated heterocycles. The second-order valence-corrected chi connectivity index (χ2v) is 7.03. The van der Waals surface area contributed by atoms with Gasteiger partial charge in [0.2, 0.25) is 0 Å². The molecule has 3 atom stereocenters. The molecule has 19 heavy (non-hydrogen) atoms. The molecule has 1 N–H and O–H groups in total. The SMILES string of the molecule is CN(CC1CC2CCC1C2)c1ncc(Br)cc1CO. The number of anilines is 1. The van der Waals surface area contributed by atoms with Crippen molar-refractivity contribution < 1.29 is 5.11 Å². The molecule has 1 aromatic rings. The van der Waals surface area contributed by atoms with Crippen molar-refractivity contribution in [3.8, 4) is 0 Å². The summed E-state index contributed by atoms with van der Waals surface area (Å²) in [6.07, 6.45) is 7.51. The fourth-order valence-corrected chi connectivity index (χ4v) is 4.35. The standard InChI is InChI=1S/C15H21BrN2O/c1-18(8-12-5-10-2-3-11(12)4-10)15-13(9-19)6-14(16)7-17-15/h6-7,10-12,19H,2-5,8-9H2,1H3. The van der Waals surface area contributed by atoms with Gasteiger partial charge in [-0.15, -0.1) is 0 Å². The van der Waals surface area contributed by atoms with Crippen LogP contribution >= 0.6 is 15.9 Å². The lowest BCUT2D eigenvalue weighted by atomic mass is 9.88. The molecule has 0 amide bonds. The number of aliphatic hydroxyl groups is 1. The molecule has 0 radical (unpaired) electrons. The van der Waals surface area contributed by atoms with Gasteiger partial charge in [-0.2, -0.15) is 0 Å².